The molecule has 0 aromatic heterocycles. The molecule has 3 unspecified atom stereocenters. The van der Waals surface area contributed by atoms with Crippen LogP contribution >= 0.6 is 0 Å². The molecule has 0 radical (unpaired) electrons. The molecular weight excluding hydrogens is 308 g/mol. The molecular formula is C18H26N2O4. The van der Waals surface area contributed by atoms with Gasteiger partial charge in [0.25, 0.3) is 5.91 Å². The molecule has 0 saturated heterocycles. The van der Waals surface area contributed by atoms with E-state index < -0.39 is 24.0 Å². The molecule has 24 heavy (non-hydrogen) atoms. The Morgan fingerprint density at radius 2 is 1.50 bits per heavy atom. The Balaban J connectivity index is 2.79. The number of carboxylic acids is 1. The molecule has 0 aliphatic carbocycles. The van der Waals surface area contributed by atoms with E-state index in [9.17, 15) is 14.4 Å². The Hall–Kier alpha value is -2.37. The molecule has 0 saturated carbocycles. The van der Waals surface area contributed by atoms with Crippen molar-refractivity contribution in [2.45, 2.75) is 46.7 Å². The van der Waals surface area contributed by atoms with Crippen LogP contribution in [0, 0.1) is 18.8 Å². The van der Waals surface area contributed by atoms with Crippen LogP contribution in [0.15, 0.2) is 24.3 Å². The Morgan fingerprint density at radius 3 is 1.96 bits per heavy atom. The number of amides is 2. The number of hydrogen-bond acceptors (Lipinski definition) is 3. The van der Waals surface area contributed by atoms with E-state index in [1.807, 2.05) is 32.9 Å². The number of aliphatic carboxylic acids is 1. The van der Waals surface area contributed by atoms with Crippen molar-refractivity contribution in [3.63, 3.8) is 0 Å². The molecule has 3 atom stereocenters. The van der Waals surface area contributed by atoms with Gasteiger partial charge in [0.15, 0.2) is 0 Å². The van der Waals surface area contributed by atoms with Crippen LogP contribution in [-0.4, -0.2) is 35.0 Å². The standard InChI is InChI=1S/C18H26N2O4/c1-10(2)15(17(22)19-13(5)12(4)18(23)24)20-16(21)14-8-6-11(3)7-9-14/h6-10,12-13,15H,1-5H3,(H,19,22)(H,20,21)(H,23,24). The highest BCUT2D eigenvalue weighted by Gasteiger charge is 2.28. The lowest BCUT2D eigenvalue weighted by atomic mass is 10.00. The lowest BCUT2D eigenvalue weighted by molar-refractivity contribution is -0.142. The van der Waals surface area contributed by atoms with Crippen molar-refractivity contribution in [3.05, 3.63) is 35.4 Å². The minimum atomic E-state index is -0.979. The summed E-state index contributed by atoms with van der Waals surface area (Å²) in [5, 5.41) is 14.4. The maximum atomic E-state index is 12.4. The maximum Gasteiger partial charge on any atom is 0.308 e. The highest BCUT2D eigenvalue weighted by atomic mass is 16.4. The Morgan fingerprint density at radius 1 is 0.958 bits per heavy atom. The van der Waals surface area contributed by atoms with E-state index in [1.54, 1.807) is 19.1 Å². The number of carbonyl (C=O) groups excluding carboxylic acids is 2. The zero-order chi connectivity index (χ0) is 18.4. The summed E-state index contributed by atoms with van der Waals surface area (Å²) in [6, 6.07) is 5.80. The second kappa shape index (κ2) is 8.47. The van der Waals surface area contributed by atoms with Gasteiger partial charge in [0.2, 0.25) is 5.91 Å². The molecule has 2 amide bonds. The lowest BCUT2D eigenvalue weighted by Crippen LogP contribution is -2.53. The van der Waals surface area contributed by atoms with Crippen molar-refractivity contribution < 1.29 is 19.5 Å². The molecule has 0 aliphatic heterocycles. The van der Waals surface area contributed by atoms with Crippen LogP contribution in [0.2, 0.25) is 0 Å². The zero-order valence-electron chi connectivity index (χ0n) is 14.8. The van der Waals surface area contributed by atoms with E-state index >= 15 is 0 Å². The fourth-order valence-electron chi connectivity index (χ4n) is 2.12. The number of nitrogens with one attached hydrogen (secondary N) is 2. The van der Waals surface area contributed by atoms with Crippen molar-refractivity contribution in [1.82, 2.24) is 10.6 Å². The molecule has 1 rings (SSSR count). The predicted molar refractivity (Wildman–Crippen MR) is 91.7 cm³/mol. The van der Waals surface area contributed by atoms with Crippen LogP contribution in [0.1, 0.15) is 43.6 Å². The molecule has 1 aromatic carbocycles. The van der Waals surface area contributed by atoms with Gasteiger partial charge >= 0.3 is 5.97 Å². The Labute approximate surface area is 142 Å². The molecule has 6 nitrogen and oxygen atoms in total. The highest BCUT2D eigenvalue weighted by Crippen LogP contribution is 2.09. The molecule has 0 heterocycles. The third kappa shape index (κ3) is 5.37. The topological polar surface area (TPSA) is 95.5 Å². The molecule has 3 N–H and O–H groups in total. The van der Waals surface area contributed by atoms with Gasteiger partial charge in [0.1, 0.15) is 6.04 Å². The highest BCUT2D eigenvalue weighted by molar-refractivity contribution is 5.97. The SMILES string of the molecule is Cc1ccc(C(=O)NC(C(=O)NC(C)C(C)C(=O)O)C(C)C)cc1. The van der Waals surface area contributed by atoms with Crippen LogP contribution in [0.3, 0.4) is 0 Å². The zero-order valence-corrected chi connectivity index (χ0v) is 14.8. The molecule has 0 fully saturated rings. The molecule has 132 valence electrons. The van der Waals surface area contributed by atoms with E-state index in [2.05, 4.69) is 10.6 Å². The fourth-order valence-corrected chi connectivity index (χ4v) is 2.12. The van der Waals surface area contributed by atoms with Gasteiger partial charge in [-0.1, -0.05) is 31.5 Å². The van der Waals surface area contributed by atoms with Crippen LogP contribution in [-0.2, 0) is 9.59 Å². The van der Waals surface area contributed by atoms with Crippen molar-refractivity contribution in [2.75, 3.05) is 0 Å². The quantitative estimate of drug-likeness (QED) is 0.710. The Bertz CT molecular complexity index is 596. The van der Waals surface area contributed by atoms with E-state index in [-0.39, 0.29) is 17.7 Å². The Kier molecular flexibility index (Phi) is 6.95. The number of rotatable bonds is 7. The van der Waals surface area contributed by atoms with E-state index in [0.717, 1.165) is 5.56 Å². The number of aryl methyl sites for hydroxylation is 1. The molecule has 0 bridgehead atoms. The van der Waals surface area contributed by atoms with E-state index in [0.29, 0.717) is 5.56 Å². The minimum absolute atomic E-state index is 0.133. The van der Waals surface area contributed by atoms with Gasteiger partial charge in [-0.25, -0.2) is 0 Å². The molecule has 0 spiro atoms. The summed E-state index contributed by atoms with van der Waals surface area (Å²) >= 11 is 0. The van der Waals surface area contributed by atoms with Gasteiger partial charge in [-0.05, 0) is 38.8 Å². The number of carbonyl (C=O) groups is 3. The normalized spacial score (nSPS) is 14.6. The van der Waals surface area contributed by atoms with Crippen LogP contribution in [0.25, 0.3) is 0 Å². The summed E-state index contributed by atoms with van der Waals surface area (Å²) in [6.45, 7) is 8.74. The lowest BCUT2D eigenvalue weighted by Gasteiger charge is -2.25. The van der Waals surface area contributed by atoms with Crippen molar-refractivity contribution in [2.24, 2.45) is 11.8 Å². The number of hydrogen-bond donors (Lipinski definition) is 3. The first-order chi connectivity index (χ1) is 11.1. The molecule has 1 aromatic rings. The van der Waals surface area contributed by atoms with E-state index in [1.165, 1.54) is 6.92 Å². The second-order valence-corrected chi connectivity index (χ2v) is 6.49. The predicted octanol–water partition coefficient (Wildman–Crippen LogP) is 1.97. The summed E-state index contributed by atoms with van der Waals surface area (Å²) in [5.41, 5.74) is 1.52. The average Bonchev–Trinajstić information content (AvgIpc) is 2.51. The summed E-state index contributed by atoms with van der Waals surface area (Å²) in [7, 11) is 0. The number of benzene rings is 1. The second-order valence-electron chi connectivity index (χ2n) is 6.49. The summed E-state index contributed by atoms with van der Waals surface area (Å²) < 4.78 is 0. The average molecular weight is 334 g/mol. The van der Waals surface area contributed by atoms with Crippen LogP contribution in [0.4, 0.5) is 0 Å². The maximum absolute atomic E-state index is 12.4. The fraction of sp³-hybridized carbons (Fsp3) is 0.500. The first-order valence-corrected chi connectivity index (χ1v) is 8.04. The van der Waals surface area contributed by atoms with Crippen molar-refractivity contribution in [3.8, 4) is 0 Å². The largest absolute Gasteiger partial charge is 0.481 e. The summed E-state index contributed by atoms with van der Waals surface area (Å²) in [6.07, 6.45) is 0. The summed E-state index contributed by atoms with van der Waals surface area (Å²) in [5.74, 6) is -2.54. The van der Waals surface area contributed by atoms with Gasteiger partial charge in [-0.15, -0.1) is 0 Å². The van der Waals surface area contributed by atoms with Crippen LogP contribution < -0.4 is 10.6 Å². The van der Waals surface area contributed by atoms with Crippen LogP contribution in [0.5, 0.6) is 0 Å². The third-order valence-corrected chi connectivity index (χ3v) is 4.06. The van der Waals surface area contributed by atoms with E-state index in [4.69, 9.17) is 5.11 Å². The summed E-state index contributed by atoms with van der Waals surface area (Å²) in [4.78, 5) is 35.7. The van der Waals surface area contributed by atoms with Gasteiger partial charge in [-0.2, -0.15) is 0 Å². The first-order valence-electron chi connectivity index (χ1n) is 8.04. The molecule has 0 aliphatic rings. The van der Waals surface area contributed by atoms with Crippen molar-refractivity contribution in [1.29, 1.82) is 0 Å². The first kappa shape index (κ1) is 19.7. The van der Waals surface area contributed by atoms with Crippen molar-refractivity contribution >= 4 is 17.8 Å². The monoisotopic (exact) mass is 334 g/mol. The van der Waals surface area contributed by atoms with Gasteiger partial charge in [-0.3, -0.25) is 14.4 Å². The number of carboxylic acid groups (broad SMARTS) is 1. The third-order valence-electron chi connectivity index (χ3n) is 4.06. The van der Waals surface area contributed by atoms with Gasteiger partial charge in [0, 0.05) is 11.6 Å². The minimum Gasteiger partial charge on any atom is -0.481 e. The van der Waals surface area contributed by atoms with Gasteiger partial charge in [0.05, 0.1) is 5.92 Å². The van der Waals surface area contributed by atoms with Gasteiger partial charge < -0.3 is 15.7 Å². The smallest absolute Gasteiger partial charge is 0.308 e. The molecule has 6 heteroatoms.